The van der Waals surface area contributed by atoms with Crippen LogP contribution in [0.2, 0.25) is 0 Å². The van der Waals surface area contributed by atoms with Crippen LogP contribution in [-0.4, -0.2) is 44.1 Å². The minimum absolute atomic E-state index is 0.0611. The van der Waals surface area contributed by atoms with E-state index in [1.165, 1.54) is 28.6 Å². The van der Waals surface area contributed by atoms with Crippen molar-refractivity contribution in [1.82, 2.24) is 14.9 Å². The maximum Gasteiger partial charge on any atom is 0.264 e. The number of hydrogen-bond donors (Lipinski definition) is 1. The first-order chi connectivity index (χ1) is 19.0. The van der Waals surface area contributed by atoms with Crippen LogP contribution >= 0.6 is 0 Å². The Labute approximate surface area is 228 Å². The number of aromatic nitrogens is 2. The van der Waals surface area contributed by atoms with Crippen molar-refractivity contribution in [2.24, 2.45) is 0 Å². The fraction of sp³-hybridized carbons (Fsp3) is 0.207. The molecule has 0 aliphatic carbocycles. The summed E-state index contributed by atoms with van der Waals surface area (Å²) >= 11 is 0. The van der Waals surface area contributed by atoms with E-state index in [4.69, 9.17) is 10.5 Å². The average molecular weight is 538 g/mol. The summed E-state index contributed by atoms with van der Waals surface area (Å²) in [6, 6.07) is 24.9. The summed E-state index contributed by atoms with van der Waals surface area (Å²) in [5.74, 6) is 0. The molecule has 0 spiro atoms. The fourth-order valence-electron chi connectivity index (χ4n) is 4.55. The van der Waals surface area contributed by atoms with Crippen LogP contribution in [-0.2, 0) is 23.1 Å². The van der Waals surface area contributed by atoms with E-state index in [2.05, 4.69) is 21.3 Å². The van der Waals surface area contributed by atoms with Crippen molar-refractivity contribution in [1.29, 1.82) is 10.5 Å². The number of rotatable bonds is 8. The molecule has 10 heteroatoms. The SMILES string of the molecule is N#Cc1ccc(Cn2cncc2CN(c2ccc(N3CCNCC3)cc2)S(=O)(=O)c2ccc(C#N)cc2)cc1. The third-order valence-corrected chi connectivity index (χ3v) is 8.52. The number of nitrogens with one attached hydrogen (secondary N) is 1. The Hall–Kier alpha value is -4.64. The van der Waals surface area contributed by atoms with E-state index in [1.807, 2.05) is 47.0 Å². The van der Waals surface area contributed by atoms with Crippen LogP contribution in [0.1, 0.15) is 22.4 Å². The minimum Gasteiger partial charge on any atom is -0.369 e. The standard InChI is InChI=1S/C29H27N7O2S/c30-17-23-1-3-25(4-2-23)20-35-22-33-19-28(35)21-36(39(37,38)29-11-5-24(18-31)6-12-29)27-9-7-26(8-10-27)34-15-13-32-14-16-34/h1-12,19,22,32H,13-16,20-21H2. The van der Waals surface area contributed by atoms with E-state index in [-0.39, 0.29) is 11.4 Å². The highest BCUT2D eigenvalue weighted by atomic mass is 32.2. The van der Waals surface area contributed by atoms with Crippen molar-refractivity contribution in [3.63, 3.8) is 0 Å². The van der Waals surface area contributed by atoms with Gasteiger partial charge in [-0.2, -0.15) is 10.5 Å². The molecule has 39 heavy (non-hydrogen) atoms. The summed E-state index contributed by atoms with van der Waals surface area (Å²) in [4.78, 5) is 6.66. The van der Waals surface area contributed by atoms with Gasteiger partial charge in [0.15, 0.2) is 0 Å². The highest BCUT2D eigenvalue weighted by Gasteiger charge is 2.27. The number of sulfonamides is 1. The van der Waals surface area contributed by atoms with Gasteiger partial charge in [-0.1, -0.05) is 12.1 Å². The smallest absolute Gasteiger partial charge is 0.264 e. The first-order valence-corrected chi connectivity index (χ1v) is 14.0. The molecular formula is C29H27N7O2S. The van der Waals surface area contributed by atoms with Crippen LogP contribution in [0, 0.1) is 22.7 Å². The number of anilines is 2. The molecule has 1 aliphatic rings. The average Bonchev–Trinajstić information content (AvgIpc) is 3.43. The molecule has 4 aromatic rings. The first kappa shape index (κ1) is 26.0. The summed E-state index contributed by atoms with van der Waals surface area (Å²) in [5, 5.41) is 21.6. The fourth-order valence-corrected chi connectivity index (χ4v) is 5.98. The number of hydrogen-bond acceptors (Lipinski definition) is 7. The highest BCUT2D eigenvalue weighted by molar-refractivity contribution is 7.92. The Morgan fingerprint density at radius 1 is 0.872 bits per heavy atom. The molecular weight excluding hydrogens is 510 g/mol. The molecule has 3 aromatic carbocycles. The molecule has 5 rings (SSSR count). The number of piperazine rings is 1. The van der Waals surface area contributed by atoms with Gasteiger partial charge >= 0.3 is 0 Å². The quantitative estimate of drug-likeness (QED) is 0.366. The predicted molar refractivity (Wildman–Crippen MR) is 149 cm³/mol. The van der Waals surface area contributed by atoms with E-state index >= 15 is 0 Å². The lowest BCUT2D eigenvalue weighted by Crippen LogP contribution is -2.43. The Morgan fingerprint density at radius 3 is 2.10 bits per heavy atom. The summed E-state index contributed by atoms with van der Waals surface area (Å²) < 4.78 is 31.2. The molecule has 0 unspecified atom stereocenters. The second-order valence-corrected chi connectivity index (χ2v) is 11.1. The van der Waals surface area contributed by atoms with Crippen LogP contribution in [0.3, 0.4) is 0 Å². The van der Waals surface area contributed by atoms with Crippen molar-refractivity contribution in [2.75, 3.05) is 35.4 Å². The lowest BCUT2D eigenvalue weighted by atomic mass is 10.1. The van der Waals surface area contributed by atoms with Crippen molar-refractivity contribution in [2.45, 2.75) is 18.0 Å². The molecule has 1 N–H and O–H groups in total. The Kier molecular flexibility index (Phi) is 7.60. The second-order valence-electron chi connectivity index (χ2n) is 9.22. The van der Waals surface area contributed by atoms with Gasteiger partial charge in [-0.05, 0) is 66.2 Å². The zero-order chi connectivity index (χ0) is 27.2. The maximum absolute atomic E-state index is 13.9. The van der Waals surface area contributed by atoms with E-state index in [0.29, 0.717) is 29.1 Å². The van der Waals surface area contributed by atoms with Gasteiger partial charge in [0.05, 0.1) is 52.4 Å². The summed E-state index contributed by atoms with van der Waals surface area (Å²) in [6.45, 7) is 4.13. The van der Waals surface area contributed by atoms with Crippen LogP contribution < -0.4 is 14.5 Å². The van der Waals surface area contributed by atoms with Gasteiger partial charge in [0.25, 0.3) is 10.0 Å². The van der Waals surface area contributed by atoms with Gasteiger partial charge in [-0.15, -0.1) is 0 Å². The number of nitriles is 2. The number of imidazole rings is 1. The predicted octanol–water partition coefficient (Wildman–Crippen LogP) is 3.48. The molecule has 0 atom stereocenters. The summed E-state index contributed by atoms with van der Waals surface area (Å²) in [7, 11) is -3.97. The van der Waals surface area contributed by atoms with Crippen LogP contribution in [0.25, 0.3) is 0 Å². The van der Waals surface area contributed by atoms with Crippen molar-refractivity contribution in [3.8, 4) is 12.1 Å². The molecule has 1 aromatic heterocycles. The topological polar surface area (TPSA) is 118 Å². The Morgan fingerprint density at radius 2 is 1.49 bits per heavy atom. The van der Waals surface area contributed by atoms with Gasteiger partial charge < -0.3 is 14.8 Å². The number of benzene rings is 3. The lowest BCUT2D eigenvalue weighted by molar-refractivity contribution is 0.588. The van der Waals surface area contributed by atoms with E-state index in [0.717, 1.165) is 37.4 Å². The molecule has 1 saturated heterocycles. The molecule has 0 amide bonds. The largest absolute Gasteiger partial charge is 0.369 e. The zero-order valence-corrected chi connectivity index (χ0v) is 22.1. The minimum atomic E-state index is -3.97. The second kappa shape index (κ2) is 11.4. The molecule has 1 aliphatic heterocycles. The molecule has 0 saturated carbocycles. The van der Waals surface area contributed by atoms with Crippen LogP contribution in [0.5, 0.6) is 0 Å². The van der Waals surface area contributed by atoms with Gasteiger partial charge in [0, 0.05) is 44.6 Å². The third kappa shape index (κ3) is 5.78. The molecule has 2 heterocycles. The van der Waals surface area contributed by atoms with Crippen molar-refractivity contribution in [3.05, 3.63) is 108 Å². The van der Waals surface area contributed by atoms with Crippen LogP contribution in [0.15, 0.2) is 90.2 Å². The maximum atomic E-state index is 13.9. The lowest BCUT2D eigenvalue weighted by Gasteiger charge is -2.30. The van der Waals surface area contributed by atoms with Gasteiger partial charge in [-0.25, -0.2) is 13.4 Å². The van der Waals surface area contributed by atoms with Crippen molar-refractivity contribution < 1.29 is 8.42 Å². The van der Waals surface area contributed by atoms with E-state index < -0.39 is 10.0 Å². The van der Waals surface area contributed by atoms with E-state index in [1.54, 1.807) is 24.7 Å². The zero-order valence-electron chi connectivity index (χ0n) is 21.2. The summed E-state index contributed by atoms with van der Waals surface area (Å²) in [6.07, 6.45) is 3.34. The van der Waals surface area contributed by atoms with Gasteiger partial charge in [-0.3, -0.25) is 4.31 Å². The molecule has 0 radical (unpaired) electrons. The van der Waals surface area contributed by atoms with Gasteiger partial charge in [0.1, 0.15) is 0 Å². The monoisotopic (exact) mass is 537 g/mol. The third-order valence-electron chi connectivity index (χ3n) is 6.73. The molecule has 196 valence electrons. The van der Waals surface area contributed by atoms with Crippen molar-refractivity contribution >= 4 is 21.4 Å². The Bertz CT molecular complexity index is 1610. The molecule has 1 fully saturated rings. The normalized spacial score (nSPS) is 13.4. The Balaban J connectivity index is 1.48. The van der Waals surface area contributed by atoms with Gasteiger partial charge in [0.2, 0.25) is 0 Å². The summed E-state index contributed by atoms with van der Waals surface area (Å²) in [5.41, 5.74) is 4.22. The number of nitrogens with zero attached hydrogens (tertiary/aromatic N) is 6. The highest BCUT2D eigenvalue weighted by Crippen LogP contribution is 2.29. The molecule has 9 nitrogen and oxygen atoms in total. The van der Waals surface area contributed by atoms with E-state index in [9.17, 15) is 8.42 Å². The first-order valence-electron chi connectivity index (χ1n) is 12.5. The molecule has 0 bridgehead atoms. The van der Waals surface area contributed by atoms with Crippen LogP contribution in [0.4, 0.5) is 11.4 Å².